The van der Waals surface area contributed by atoms with Crippen molar-refractivity contribution in [2.24, 2.45) is 35.3 Å². The second kappa shape index (κ2) is 8.39. The Balaban J connectivity index is 0.00000261. The summed E-state index contributed by atoms with van der Waals surface area (Å²) in [6, 6.07) is -0.661. The third kappa shape index (κ3) is 4.01. The van der Waals surface area contributed by atoms with Crippen molar-refractivity contribution in [3.63, 3.8) is 0 Å². The van der Waals surface area contributed by atoms with Gasteiger partial charge in [0.2, 0.25) is 23.6 Å². The van der Waals surface area contributed by atoms with Crippen LogP contribution < -0.4 is 16.4 Å². The molecule has 4 N–H and O–H groups in total. The molecule has 0 aromatic carbocycles. The molecule has 0 aromatic rings. The number of nitrogens with zero attached hydrogens (tertiary/aromatic N) is 1. The molecule has 0 aromatic heterocycles. The first kappa shape index (κ1) is 21.4. The van der Waals surface area contributed by atoms with Gasteiger partial charge in [0.15, 0.2) is 0 Å². The van der Waals surface area contributed by atoms with Crippen molar-refractivity contribution in [2.75, 3.05) is 19.6 Å². The topological polar surface area (TPSA) is 122 Å². The highest BCUT2D eigenvalue weighted by Gasteiger charge is 2.58. The predicted molar refractivity (Wildman–Crippen MR) is 101 cm³/mol. The largest absolute Gasteiger partial charge is 0.353 e. The van der Waals surface area contributed by atoms with Crippen molar-refractivity contribution >= 4 is 36.0 Å². The first-order chi connectivity index (χ1) is 12.3. The summed E-state index contributed by atoms with van der Waals surface area (Å²) in [6.07, 6.45) is 5.00. The lowest BCUT2D eigenvalue weighted by Gasteiger charge is -2.18. The molecule has 2 aliphatic carbocycles. The van der Waals surface area contributed by atoms with Crippen LogP contribution in [0.1, 0.15) is 20.3 Å². The molecule has 4 amide bonds. The second-order valence-electron chi connectivity index (χ2n) is 7.67. The van der Waals surface area contributed by atoms with Gasteiger partial charge in [0, 0.05) is 13.1 Å². The summed E-state index contributed by atoms with van der Waals surface area (Å²) in [5.74, 6) is -1.09. The number of halogens is 1. The Hall–Kier alpha value is -1.93. The van der Waals surface area contributed by atoms with Crippen LogP contribution in [0.2, 0.25) is 0 Å². The standard InChI is InChI=1S/C18H26N4O4.ClH/c1-9(2)15(19)16(24)21-8-12(23)20-5-6-22-17(25)13-10-3-4-11(7-10)14(13)18(22)26;/h3-4,9-11,13-15H,5-8,19H2,1-2H3,(H,20,23)(H,21,24);1H/t10?,11?,13?,14?,15-;/m0./s1. The highest BCUT2D eigenvalue weighted by molar-refractivity contribution is 6.06. The smallest absolute Gasteiger partial charge is 0.239 e. The highest BCUT2D eigenvalue weighted by Crippen LogP contribution is 2.52. The number of rotatable bonds is 7. The summed E-state index contributed by atoms with van der Waals surface area (Å²) in [7, 11) is 0. The molecule has 0 spiro atoms. The Bertz CT molecular complexity index is 636. The fourth-order valence-electron chi connectivity index (χ4n) is 4.14. The third-order valence-electron chi connectivity index (χ3n) is 5.66. The molecular weight excluding hydrogens is 372 g/mol. The van der Waals surface area contributed by atoms with Crippen LogP contribution in [-0.2, 0) is 19.2 Å². The Morgan fingerprint density at radius 1 is 1.15 bits per heavy atom. The molecule has 3 rings (SSSR count). The van der Waals surface area contributed by atoms with Crippen LogP contribution in [0, 0.1) is 29.6 Å². The van der Waals surface area contributed by atoms with Crippen molar-refractivity contribution in [3.8, 4) is 0 Å². The number of allylic oxidation sites excluding steroid dienone is 2. The molecule has 150 valence electrons. The number of carbonyl (C=O) groups excluding carboxylic acids is 4. The Kier molecular flexibility index (Phi) is 6.64. The minimum atomic E-state index is -0.661. The summed E-state index contributed by atoms with van der Waals surface area (Å²) in [6.45, 7) is 3.80. The zero-order valence-corrected chi connectivity index (χ0v) is 16.3. The van der Waals surface area contributed by atoms with Crippen LogP contribution in [0.5, 0.6) is 0 Å². The average molecular weight is 399 g/mol. The zero-order valence-electron chi connectivity index (χ0n) is 15.5. The van der Waals surface area contributed by atoms with E-state index < -0.39 is 6.04 Å². The van der Waals surface area contributed by atoms with Gasteiger partial charge in [-0.05, 0) is 24.2 Å². The molecule has 5 atom stereocenters. The van der Waals surface area contributed by atoms with Gasteiger partial charge in [0.05, 0.1) is 24.4 Å². The maximum Gasteiger partial charge on any atom is 0.239 e. The maximum absolute atomic E-state index is 12.5. The lowest BCUT2D eigenvalue weighted by molar-refractivity contribution is -0.141. The summed E-state index contributed by atoms with van der Waals surface area (Å²) in [5, 5.41) is 5.10. The van der Waals surface area contributed by atoms with E-state index in [0.717, 1.165) is 6.42 Å². The molecule has 1 heterocycles. The molecule has 1 saturated carbocycles. The zero-order chi connectivity index (χ0) is 19.0. The summed E-state index contributed by atoms with van der Waals surface area (Å²) in [4.78, 5) is 49.8. The number of nitrogens with two attached hydrogens (primary N) is 1. The van der Waals surface area contributed by atoms with Gasteiger partial charge < -0.3 is 16.4 Å². The Morgan fingerprint density at radius 2 is 1.70 bits per heavy atom. The van der Waals surface area contributed by atoms with Crippen LogP contribution in [0.4, 0.5) is 0 Å². The van der Waals surface area contributed by atoms with Crippen molar-refractivity contribution < 1.29 is 19.2 Å². The second-order valence-corrected chi connectivity index (χ2v) is 7.67. The van der Waals surface area contributed by atoms with Gasteiger partial charge in [-0.2, -0.15) is 0 Å². The van der Waals surface area contributed by atoms with Gasteiger partial charge in [-0.1, -0.05) is 26.0 Å². The van der Waals surface area contributed by atoms with Crippen LogP contribution in [0.15, 0.2) is 12.2 Å². The fourth-order valence-corrected chi connectivity index (χ4v) is 4.14. The quantitative estimate of drug-likeness (QED) is 0.391. The number of nitrogens with one attached hydrogen (secondary N) is 2. The fraction of sp³-hybridized carbons (Fsp3) is 0.667. The van der Waals surface area contributed by atoms with Crippen molar-refractivity contribution in [2.45, 2.75) is 26.3 Å². The Labute approximate surface area is 164 Å². The number of carbonyl (C=O) groups is 4. The molecule has 3 aliphatic rings. The van der Waals surface area contributed by atoms with E-state index in [0.29, 0.717) is 0 Å². The molecule has 2 bridgehead atoms. The van der Waals surface area contributed by atoms with Crippen molar-refractivity contribution in [1.82, 2.24) is 15.5 Å². The van der Waals surface area contributed by atoms with Gasteiger partial charge in [0.1, 0.15) is 0 Å². The van der Waals surface area contributed by atoms with E-state index in [4.69, 9.17) is 5.73 Å². The first-order valence-electron chi connectivity index (χ1n) is 9.14. The van der Waals surface area contributed by atoms with Gasteiger partial charge in [0.25, 0.3) is 0 Å². The molecule has 1 saturated heterocycles. The molecule has 4 unspecified atom stereocenters. The van der Waals surface area contributed by atoms with E-state index >= 15 is 0 Å². The maximum atomic E-state index is 12.5. The third-order valence-corrected chi connectivity index (χ3v) is 5.66. The predicted octanol–water partition coefficient (Wildman–Crippen LogP) is -0.569. The molecule has 1 aliphatic heterocycles. The lowest BCUT2D eigenvalue weighted by Crippen LogP contribution is -2.48. The van der Waals surface area contributed by atoms with E-state index in [9.17, 15) is 19.2 Å². The Morgan fingerprint density at radius 3 is 2.22 bits per heavy atom. The van der Waals surface area contributed by atoms with E-state index in [2.05, 4.69) is 10.6 Å². The number of fused-ring (bicyclic) bond motifs is 5. The van der Waals surface area contributed by atoms with E-state index in [-0.39, 0.29) is 85.3 Å². The van der Waals surface area contributed by atoms with Gasteiger partial charge in [-0.15, -0.1) is 12.4 Å². The average Bonchev–Trinajstić information content (AvgIpc) is 3.28. The van der Waals surface area contributed by atoms with Crippen molar-refractivity contribution in [1.29, 1.82) is 0 Å². The summed E-state index contributed by atoms with van der Waals surface area (Å²) < 4.78 is 0. The van der Waals surface area contributed by atoms with Crippen LogP contribution in [0.25, 0.3) is 0 Å². The first-order valence-corrected chi connectivity index (χ1v) is 9.14. The molecular formula is C18H27ClN4O4. The number of hydrogen-bond donors (Lipinski definition) is 3. The normalized spacial score (nSPS) is 29.0. The molecule has 8 nitrogen and oxygen atoms in total. The SMILES string of the molecule is CC(C)[C@H](N)C(=O)NCC(=O)NCCN1C(=O)C2C3C=CC(C3)C2C1=O.Cl. The number of likely N-dealkylation sites (tertiary alicyclic amines) is 1. The number of amides is 4. The van der Waals surface area contributed by atoms with Gasteiger partial charge in [-0.25, -0.2) is 0 Å². The highest BCUT2D eigenvalue weighted by atomic mass is 35.5. The number of hydrogen-bond acceptors (Lipinski definition) is 5. The molecule has 2 fully saturated rings. The van der Waals surface area contributed by atoms with Gasteiger partial charge >= 0.3 is 0 Å². The van der Waals surface area contributed by atoms with E-state index in [1.165, 1.54) is 4.90 Å². The van der Waals surface area contributed by atoms with E-state index in [1.807, 2.05) is 26.0 Å². The molecule has 27 heavy (non-hydrogen) atoms. The lowest BCUT2D eigenvalue weighted by atomic mass is 9.85. The van der Waals surface area contributed by atoms with Crippen LogP contribution in [0.3, 0.4) is 0 Å². The minimum Gasteiger partial charge on any atom is -0.353 e. The molecule has 0 radical (unpaired) electrons. The molecule has 9 heteroatoms. The monoisotopic (exact) mass is 398 g/mol. The van der Waals surface area contributed by atoms with Crippen molar-refractivity contribution in [3.05, 3.63) is 12.2 Å². The number of imide groups is 1. The van der Waals surface area contributed by atoms with Crippen LogP contribution >= 0.6 is 12.4 Å². The van der Waals surface area contributed by atoms with Crippen LogP contribution in [-0.4, -0.2) is 54.2 Å². The van der Waals surface area contributed by atoms with Gasteiger partial charge in [-0.3, -0.25) is 24.1 Å². The summed E-state index contributed by atoms with van der Waals surface area (Å²) in [5.41, 5.74) is 5.70. The summed E-state index contributed by atoms with van der Waals surface area (Å²) >= 11 is 0. The minimum absolute atomic E-state index is 0. The van der Waals surface area contributed by atoms with E-state index in [1.54, 1.807) is 0 Å².